The lowest BCUT2D eigenvalue weighted by Crippen LogP contribution is -2.34. The van der Waals surface area contributed by atoms with Crippen molar-refractivity contribution >= 4 is 38.8 Å². The third-order valence-corrected chi connectivity index (χ3v) is 7.08. The first kappa shape index (κ1) is 20.2. The van der Waals surface area contributed by atoms with Gasteiger partial charge >= 0.3 is 0 Å². The Balaban J connectivity index is 1.53. The molecule has 30 heavy (non-hydrogen) atoms. The van der Waals surface area contributed by atoms with Gasteiger partial charge in [-0.3, -0.25) is 0 Å². The van der Waals surface area contributed by atoms with E-state index in [9.17, 15) is 5.11 Å². The fourth-order valence-corrected chi connectivity index (χ4v) is 5.92. The van der Waals surface area contributed by atoms with Crippen molar-refractivity contribution in [3.8, 4) is 10.6 Å². The highest BCUT2D eigenvalue weighted by atomic mass is 35.5. The summed E-state index contributed by atoms with van der Waals surface area (Å²) in [5.74, 6) is -0.635. The van der Waals surface area contributed by atoms with Gasteiger partial charge in [0.2, 0.25) is 0 Å². The van der Waals surface area contributed by atoms with E-state index in [1.807, 2.05) is 45.0 Å². The first-order valence-corrected chi connectivity index (χ1v) is 11.3. The van der Waals surface area contributed by atoms with Gasteiger partial charge in [0.05, 0.1) is 33.6 Å². The molecule has 8 heteroatoms. The van der Waals surface area contributed by atoms with Gasteiger partial charge in [-0.25, -0.2) is 9.97 Å². The molecule has 1 aromatic carbocycles. The van der Waals surface area contributed by atoms with Crippen LogP contribution in [-0.4, -0.2) is 45.7 Å². The molecule has 1 saturated carbocycles. The molecule has 1 aliphatic heterocycles. The summed E-state index contributed by atoms with van der Waals surface area (Å²) >= 11 is 7.96. The molecule has 3 aromatic rings. The zero-order valence-electron chi connectivity index (χ0n) is 17.1. The summed E-state index contributed by atoms with van der Waals surface area (Å²) in [5, 5.41) is 14.8. The molecule has 2 aliphatic rings. The van der Waals surface area contributed by atoms with Crippen LogP contribution >= 0.6 is 22.9 Å². The number of para-hydroxylation sites is 1. The Morgan fingerprint density at radius 2 is 2.00 bits per heavy atom. The van der Waals surface area contributed by atoms with Gasteiger partial charge in [0.1, 0.15) is 16.3 Å². The Morgan fingerprint density at radius 1 is 1.23 bits per heavy atom. The minimum absolute atomic E-state index is 0.0140. The number of hydrogen-bond donors (Lipinski definition) is 2. The maximum atomic E-state index is 9.87. The number of pyridine rings is 1. The Bertz CT molecular complexity index is 1070. The monoisotopic (exact) mass is 445 g/mol. The molecule has 0 bridgehead atoms. The highest BCUT2D eigenvalue weighted by molar-refractivity contribution is 7.21. The largest absolute Gasteiger partial charge is 0.396 e. The van der Waals surface area contributed by atoms with Crippen LogP contribution in [0.4, 0.5) is 5.69 Å². The number of halogens is 1. The Kier molecular flexibility index (Phi) is 4.99. The zero-order valence-corrected chi connectivity index (χ0v) is 18.6. The van der Waals surface area contributed by atoms with Crippen LogP contribution < -0.4 is 5.32 Å². The minimum atomic E-state index is -0.662. The molecule has 2 fully saturated rings. The molecule has 0 unspecified atom stereocenters. The van der Waals surface area contributed by atoms with Crippen LogP contribution in [0.15, 0.2) is 30.3 Å². The average Bonchev–Trinajstić information content (AvgIpc) is 3.32. The van der Waals surface area contributed by atoms with Crippen LogP contribution in [0.2, 0.25) is 5.15 Å². The number of nitrogens with one attached hydrogen (secondary N) is 1. The van der Waals surface area contributed by atoms with Crippen molar-refractivity contribution in [2.24, 2.45) is 5.92 Å². The summed E-state index contributed by atoms with van der Waals surface area (Å²) in [6.07, 6.45) is 0.472. The summed E-state index contributed by atoms with van der Waals surface area (Å²) in [5.41, 5.74) is 3.61. The van der Waals surface area contributed by atoms with Crippen molar-refractivity contribution in [2.45, 2.75) is 51.2 Å². The summed E-state index contributed by atoms with van der Waals surface area (Å²) in [4.78, 5) is 9.30. The zero-order chi connectivity index (χ0) is 21.0. The Morgan fingerprint density at radius 3 is 2.77 bits per heavy atom. The minimum Gasteiger partial charge on any atom is -0.396 e. The molecule has 2 aromatic heterocycles. The predicted molar refractivity (Wildman–Crippen MR) is 119 cm³/mol. The third-order valence-electron chi connectivity index (χ3n) is 5.83. The number of fused-ring (bicyclic) bond motifs is 2. The number of nitrogens with zero attached hydrogens (tertiary/aromatic N) is 2. The van der Waals surface area contributed by atoms with E-state index >= 15 is 0 Å². The lowest BCUT2D eigenvalue weighted by Gasteiger charge is -2.25. The topological polar surface area (TPSA) is 76.5 Å². The lowest BCUT2D eigenvalue weighted by molar-refractivity contribution is -0.158. The number of aliphatic hydroxyl groups excluding tert-OH is 1. The summed E-state index contributed by atoms with van der Waals surface area (Å²) in [6, 6.07) is 9.92. The molecule has 0 radical (unpaired) electrons. The highest BCUT2D eigenvalue weighted by Gasteiger charge is 2.53. The maximum Gasteiger partial charge on any atom is 0.163 e. The van der Waals surface area contributed by atoms with E-state index in [1.165, 1.54) is 0 Å². The quantitative estimate of drug-likeness (QED) is 0.570. The third kappa shape index (κ3) is 3.48. The van der Waals surface area contributed by atoms with Gasteiger partial charge in [-0.1, -0.05) is 23.7 Å². The van der Waals surface area contributed by atoms with Crippen LogP contribution in [0, 0.1) is 12.8 Å². The van der Waals surface area contributed by atoms with Gasteiger partial charge in [0, 0.05) is 18.2 Å². The van der Waals surface area contributed by atoms with Crippen molar-refractivity contribution < 1.29 is 14.6 Å². The SMILES string of the molecule is Cc1nc(Cl)cc(N[C@@H]2C[C@H](CO)[C@H]3OC(C)(C)O[C@H]32)c1-c1nc2ccccc2s1. The fourth-order valence-electron chi connectivity index (χ4n) is 4.60. The van der Waals surface area contributed by atoms with E-state index in [-0.39, 0.29) is 30.8 Å². The molecule has 6 nitrogen and oxygen atoms in total. The normalized spacial score (nSPS) is 27.5. The van der Waals surface area contributed by atoms with Gasteiger partial charge in [0.15, 0.2) is 5.79 Å². The molecule has 0 spiro atoms. The predicted octanol–water partition coefficient (Wildman–Crippen LogP) is 4.63. The molecule has 0 amide bonds. The number of benzene rings is 1. The first-order chi connectivity index (χ1) is 14.3. The van der Waals surface area contributed by atoms with E-state index < -0.39 is 5.79 Å². The number of rotatable bonds is 4. The van der Waals surface area contributed by atoms with Crippen LogP contribution in [0.25, 0.3) is 20.8 Å². The maximum absolute atomic E-state index is 9.87. The summed E-state index contributed by atoms with van der Waals surface area (Å²) in [6.45, 7) is 5.85. The second-order valence-electron chi connectivity index (χ2n) is 8.43. The van der Waals surface area contributed by atoms with Crippen LogP contribution in [0.3, 0.4) is 0 Å². The van der Waals surface area contributed by atoms with Gasteiger partial charge in [-0.2, -0.15) is 0 Å². The molecule has 5 rings (SSSR count). The molecular formula is C22H24ClN3O3S. The van der Waals surface area contributed by atoms with Crippen molar-refractivity contribution in [3.05, 3.63) is 41.2 Å². The standard InChI is InChI=1S/C22H24ClN3O3S/c1-11-18(21-26-13-6-4-5-7-16(13)30-21)14(9-17(23)24-11)25-15-8-12(10-27)19-20(15)29-22(2,3)28-19/h4-7,9,12,15,19-20,27H,8,10H2,1-3H3,(H,24,25)/t12-,15-,19-,20+/m1/s1. The van der Waals surface area contributed by atoms with Gasteiger partial charge in [-0.05, 0) is 45.4 Å². The van der Waals surface area contributed by atoms with E-state index in [0.29, 0.717) is 5.15 Å². The molecular weight excluding hydrogens is 422 g/mol. The summed E-state index contributed by atoms with van der Waals surface area (Å²) < 4.78 is 13.4. The number of thiazole rings is 1. The van der Waals surface area contributed by atoms with Gasteiger partial charge in [-0.15, -0.1) is 11.3 Å². The number of ether oxygens (including phenoxy) is 2. The highest BCUT2D eigenvalue weighted by Crippen LogP contribution is 2.44. The average molecular weight is 446 g/mol. The Labute approximate surface area is 184 Å². The Hall–Kier alpha value is -1.77. The van der Waals surface area contributed by atoms with E-state index in [1.54, 1.807) is 11.3 Å². The number of aryl methyl sites for hydroxylation is 1. The van der Waals surface area contributed by atoms with Crippen molar-refractivity contribution in [1.29, 1.82) is 0 Å². The molecule has 158 valence electrons. The molecule has 1 saturated heterocycles. The van der Waals surface area contributed by atoms with Crippen LogP contribution in [-0.2, 0) is 9.47 Å². The van der Waals surface area contributed by atoms with E-state index in [4.69, 9.17) is 26.1 Å². The summed E-state index contributed by atoms with van der Waals surface area (Å²) in [7, 11) is 0. The lowest BCUT2D eigenvalue weighted by atomic mass is 10.1. The van der Waals surface area contributed by atoms with Crippen LogP contribution in [0.1, 0.15) is 26.0 Å². The van der Waals surface area contributed by atoms with Crippen molar-refractivity contribution in [2.75, 3.05) is 11.9 Å². The van der Waals surface area contributed by atoms with Gasteiger partial charge < -0.3 is 19.9 Å². The molecule has 1 aliphatic carbocycles. The van der Waals surface area contributed by atoms with E-state index in [2.05, 4.69) is 16.4 Å². The molecule has 2 N–H and O–H groups in total. The van der Waals surface area contributed by atoms with Crippen molar-refractivity contribution in [1.82, 2.24) is 9.97 Å². The van der Waals surface area contributed by atoms with Crippen LogP contribution in [0.5, 0.6) is 0 Å². The number of aromatic nitrogens is 2. The van der Waals surface area contributed by atoms with E-state index in [0.717, 1.165) is 38.6 Å². The second kappa shape index (κ2) is 7.43. The van der Waals surface area contributed by atoms with Gasteiger partial charge in [0.25, 0.3) is 0 Å². The number of aliphatic hydroxyl groups is 1. The number of hydrogen-bond acceptors (Lipinski definition) is 7. The number of anilines is 1. The smallest absolute Gasteiger partial charge is 0.163 e. The first-order valence-electron chi connectivity index (χ1n) is 10.1. The second-order valence-corrected chi connectivity index (χ2v) is 9.85. The van der Waals surface area contributed by atoms with Crippen molar-refractivity contribution in [3.63, 3.8) is 0 Å². The fraction of sp³-hybridized carbons (Fsp3) is 0.455. The molecule has 4 atom stereocenters. The molecule has 3 heterocycles.